The number of aryl methyl sites for hydroxylation is 2. The minimum atomic E-state index is -0.204. The van der Waals surface area contributed by atoms with Gasteiger partial charge in [-0.15, -0.1) is 11.3 Å². The van der Waals surface area contributed by atoms with Crippen molar-refractivity contribution in [3.63, 3.8) is 0 Å². The second-order valence-electron chi connectivity index (χ2n) is 4.73. The Morgan fingerprint density at radius 2 is 2.14 bits per heavy atom. The number of carbonyl (C=O) groups excluding carboxylic acids is 1. The molecule has 0 fully saturated rings. The van der Waals surface area contributed by atoms with Crippen LogP contribution in [0.4, 0.5) is 10.8 Å². The van der Waals surface area contributed by atoms with Crippen LogP contribution in [-0.4, -0.2) is 17.4 Å². The third-order valence-corrected chi connectivity index (χ3v) is 4.26. The van der Waals surface area contributed by atoms with Gasteiger partial charge in [0.05, 0.1) is 11.3 Å². The molecule has 1 heterocycles. The number of rotatable bonds is 5. The Hall–Kier alpha value is -1.59. The van der Waals surface area contributed by atoms with Crippen LogP contribution in [0.3, 0.4) is 0 Å². The molecule has 0 aliphatic carbocycles. The zero-order valence-electron chi connectivity index (χ0n) is 12.3. The van der Waals surface area contributed by atoms with Crippen LogP contribution < -0.4 is 10.6 Å². The smallest absolute Gasteiger partial charge is 0.259 e. The minimum absolute atomic E-state index is 0.204. The van der Waals surface area contributed by atoms with Crippen molar-refractivity contribution >= 4 is 39.7 Å². The molecule has 2 aromatic rings. The summed E-state index contributed by atoms with van der Waals surface area (Å²) in [7, 11) is 0. The first kappa shape index (κ1) is 15.8. The quantitative estimate of drug-likeness (QED) is 0.852. The van der Waals surface area contributed by atoms with Gasteiger partial charge in [-0.05, 0) is 38.5 Å². The lowest BCUT2D eigenvalue weighted by Crippen LogP contribution is -2.15. The van der Waals surface area contributed by atoms with Crippen LogP contribution in [0.25, 0.3) is 0 Å². The molecule has 1 aromatic carbocycles. The Bertz CT molecular complexity index is 635. The van der Waals surface area contributed by atoms with Crippen molar-refractivity contribution in [1.82, 2.24) is 4.98 Å². The molecule has 4 nitrogen and oxygen atoms in total. The van der Waals surface area contributed by atoms with Crippen LogP contribution in [0.2, 0.25) is 5.02 Å². The van der Waals surface area contributed by atoms with Crippen LogP contribution in [0.15, 0.2) is 18.2 Å². The number of hydrogen-bond donors (Lipinski definition) is 2. The van der Waals surface area contributed by atoms with Gasteiger partial charge in [-0.1, -0.05) is 18.5 Å². The van der Waals surface area contributed by atoms with Crippen molar-refractivity contribution < 1.29 is 4.79 Å². The Kier molecular flexibility index (Phi) is 5.20. The van der Waals surface area contributed by atoms with E-state index in [0.717, 1.165) is 29.2 Å². The maximum absolute atomic E-state index is 12.4. The van der Waals surface area contributed by atoms with Gasteiger partial charge in [-0.2, -0.15) is 0 Å². The first-order valence-electron chi connectivity index (χ1n) is 6.80. The lowest BCUT2D eigenvalue weighted by molar-refractivity contribution is 0.102. The largest absolute Gasteiger partial charge is 0.384 e. The standard InChI is InChI=1S/C15H18ClN3OS/c1-4-7-17-13-6-5-11(16)8-12(13)14(20)19-15-18-9(2)10(3)21-15/h5-6,8,17H,4,7H2,1-3H3,(H,18,19,20). The van der Waals surface area contributed by atoms with Gasteiger partial charge < -0.3 is 5.32 Å². The van der Waals surface area contributed by atoms with E-state index in [1.165, 1.54) is 11.3 Å². The Morgan fingerprint density at radius 3 is 2.76 bits per heavy atom. The number of amides is 1. The molecule has 2 rings (SSSR count). The lowest BCUT2D eigenvalue weighted by atomic mass is 10.1. The maximum Gasteiger partial charge on any atom is 0.259 e. The molecule has 0 aliphatic rings. The summed E-state index contributed by atoms with van der Waals surface area (Å²) in [5, 5.41) is 7.21. The van der Waals surface area contributed by atoms with Gasteiger partial charge in [0.2, 0.25) is 0 Å². The number of halogens is 1. The molecule has 0 saturated heterocycles. The average Bonchev–Trinajstić information content (AvgIpc) is 2.75. The van der Waals surface area contributed by atoms with Crippen LogP contribution in [0, 0.1) is 13.8 Å². The highest BCUT2D eigenvalue weighted by Crippen LogP contribution is 2.25. The number of aromatic nitrogens is 1. The highest BCUT2D eigenvalue weighted by molar-refractivity contribution is 7.15. The number of hydrogen-bond acceptors (Lipinski definition) is 4. The van der Waals surface area contributed by atoms with Crippen LogP contribution in [0.5, 0.6) is 0 Å². The zero-order chi connectivity index (χ0) is 15.4. The van der Waals surface area contributed by atoms with Crippen molar-refractivity contribution in [1.29, 1.82) is 0 Å². The Labute approximate surface area is 133 Å². The number of nitrogens with zero attached hydrogens (tertiary/aromatic N) is 1. The minimum Gasteiger partial charge on any atom is -0.384 e. The first-order chi connectivity index (χ1) is 10.0. The van der Waals surface area contributed by atoms with Gasteiger partial charge in [-0.25, -0.2) is 4.98 Å². The molecule has 112 valence electrons. The fourth-order valence-electron chi connectivity index (χ4n) is 1.81. The van der Waals surface area contributed by atoms with E-state index in [0.29, 0.717) is 15.7 Å². The number of anilines is 2. The fourth-order valence-corrected chi connectivity index (χ4v) is 2.79. The van der Waals surface area contributed by atoms with Crippen LogP contribution >= 0.6 is 22.9 Å². The van der Waals surface area contributed by atoms with Crippen molar-refractivity contribution in [3.05, 3.63) is 39.4 Å². The van der Waals surface area contributed by atoms with E-state index >= 15 is 0 Å². The molecule has 2 N–H and O–H groups in total. The summed E-state index contributed by atoms with van der Waals surface area (Å²) in [6.07, 6.45) is 0.981. The van der Waals surface area contributed by atoms with E-state index in [2.05, 4.69) is 22.5 Å². The number of thiazole rings is 1. The SMILES string of the molecule is CCCNc1ccc(Cl)cc1C(=O)Nc1nc(C)c(C)s1. The monoisotopic (exact) mass is 323 g/mol. The van der Waals surface area contributed by atoms with E-state index in [1.54, 1.807) is 12.1 Å². The number of nitrogens with one attached hydrogen (secondary N) is 2. The summed E-state index contributed by atoms with van der Waals surface area (Å²) in [6, 6.07) is 5.27. The fraction of sp³-hybridized carbons (Fsp3) is 0.333. The molecule has 0 aliphatic heterocycles. The van der Waals surface area contributed by atoms with E-state index in [9.17, 15) is 4.79 Å². The van der Waals surface area contributed by atoms with Crippen molar-refractivity contribution in [2.24, 2.45) is 0 Å². The van der Waals surface area contributed by atoms with Gasteiger partial charge in [0.1, 0.15) is 0 Å². The van der Waals surface area contributed by atoms with Gasteiger partial charge in [0.25, 0.3) is 5.91 Å². The molecule has 0 radical (unpaired) electrons. The third-order valence-electron chi connectivity index (χ3n) is 3.04. The van der Waals surface area contributed by atoms with Gasteiger partial charge in [0, 0.05) is 22.1 Å². The Morgan fingerprint density at radius 1 is 1.38 bits per heavy atom. The first-order valence-corrected chi connectivity index (χ1v) is 7.99. The zero-order valence-corrected chi connectivity index (χ0v) is 13.9. The van der Waals surface area contributed by atoms with E-state index in [4.69, 9.17) is 11.6 Å². The van der Waals surface area contributed by atoms with Crippen molar-refractivity contribution in [2.45, 2.75) is 27.2 Å². The second kappa shape index (κ2) is 6.91. The predicted octanol–water partition coefficient (Wildman–Crippen LogP) is 4.49. The molecule has 0 saturated carbocycles. The van der Waals surface area contributed by atoms with Crippen LogP contribution in [-0.2, 0) is 0 Å². The normalized spacial score (nSPS) is 10.5. The second-order valence-corrected chi connectivity index (χ2v) is 6.37. The molecular formula is C15H18ClN3OS. The summed E-state index contributed by atoms with van der Waals surface area (Å²) in [5.41, 5.74) is 2.25. The lowest BCUT2D eigenvalue weighted by Gasteiger charge is -2.11. The molecular weight excluding hydrogens is 306 g/mol. The van der Waals surface area contributed by atoms with Gasteiger partial charge >= 0.3 is 0 Å². The molecule has 6 heteroatoms. The average molecular weight is 324 g/mol. The van der Waals surface area contributed by atoms with Gasteiger partial charge in [-0.3, -0.25) is 10.1 Å². The highest BCUT2D eigenvalue weighted by atomic mass is 35.5. The molecule has 1 amide bonds. The van der Waals surface area contributed by atoms with E-state index in [1.807, 2.05) is 19.9 Å². The summed E-state index contributed by atoms with van der Waals surface area (Å²) < 4.78 is 0. The van der Waals surface area contributed by atoms with E-state index in [-0.39, 0.29) is 5.91 Å². The highest BCUT2D eigenvalue weighted by Gasteiger charge is 2.14. The van der Waals surface area contributed by atoms with Gasteiger partial charge in [0.15, 0.2) is 5.13 Å². The summed E-state index contributed by atoms with van der Waals surface area (Å²) in [5.74, 6) is -0.204. The molecule has 0 unspecified atom stereocenters. The third kappa shape index (κ3) is 3.95. The summed E-state index contributed by atoms with van der Waals surface area (Å²) in [6.45, 7) is 6.78. The Balaban J connectivity index is 2.22. The maximum atomic E-state index is 12.4. The molecule has 0 spiro atoms. The molecule has 0 bridgehead atoms. The molecule has 21 heavy (non-hydrogen) atoms. The van der Waals surface area contributed by atoms with Crippen LogP contribution in [0.1, 0.15) is 34.3 Å². The van der Waals surface area contributed by atoms with E-state index < -0.39 is 0 Å². The predicted molar refractivity (Wildman–Crippen MR) is 89.8 cm³/mol. The topological polar surface area (TPSA) is 54.0 Å². The number of benzene rings is 1. The summed E-state index contributed by atoms with van der Waals surface area (Å²) in [4.78, 5) is 17.8. The van der Waals surface area contributed by atoms with Crippen molar-refractivity contribution in [2.75, 3.05) is 17.2 Å². The number of carbonyl (C=O) groups is 1. The van der Waals surface area contributed by atoms with Crippen molar-refractivity contribution in [3.8, 4) is 0 Å². The summed E-state index contributed by atoms with van der Waals surface area (Å²) >= 11 is 7.48. The molecule has 1 aromatic heterocycles. The molecule has 0 atom stereocenters.